The minimum atomic E-state index is -0.147. The predicted octanol–water partition coefficient (Wildman–Crippen LogP) is 4.82. The summed E-state index contributed by atoms with van der Waals surface area (Å²) in [5.74, 6) is 0.633. The van der Waals surface area contributed by atoms with Gasteiger partial charge in [0.2, 0.25) is 0 Å². The molecule has 0 bridgehead atoms. The van der Waals surface area contributed by atoms with E-state index in [4.69, 9.17) is 9.47 Å². The van der Waals surface area contributed by atoms with Crippen LogP contribution in [0.2, 0.25) is 0 Å². The molecule has 0 radical (unpaired) electrons. The zero-order valence-electron chi connectivity index (χ0n) is 16.9. The molecule has 2 heterocycles. The van der Waals surface area contributed by atoms with Crippen molar-refractivity contribution in [3.63, 3.8) is 0 Å². The second kappa shape index (κ2) is 8.80. The van der Waals surface area contributed by atoms with Gasteiger partial charge in [-0.2, -0.15) is 0 Å². The number of hydrogen-bond donors (Lipinski definition) is 2. The Bertz CT molecular complexity index is 1180. The van der Waals surface area contributed by atoms with Crippen molar-refractivity contribution in [2.45, 2.75) is 6.92 Å². The van der Waals surface area contributed by atoms with Gasteiger partial charge in [0.1, 0.15) is 18.0 Å². The van der Waals surface area contributed by atoms with E-state index in [0.717, 1.165) is 33.6 Å². The third-order valence-electron chi connectivity index (χ3n) is 4.82. The number of aromatic amines is 1. The summed E-state index contributed by atoms with van der Waals surface area (Å²) in [4.78, 5) is 20.4. The standard InChI is InChI=1S/C24H23N3O3/c1-16-6-3-4-9-21(16)24(28)26-19-12-18-14-22(27-23(18)25-15-19)17-7-5-8-20(13-17)30-11-10-29-2/h3-9,12-15H,10-11H2,1-2H3,(H,25,27)(H,26,28). The zero-order valence-corrected chi connectivity index (χ0v) is 16.9. The number of ether oxygens (including phenoxy) is 2. The van der Waals surface area contributed by atoms with Crippen molar-refractivity contribution in [2.24, 2.45) is 0 Å². The maximum absolute atomic E-state index is 12.6. The second-order valence-corrected chi connectivity index (χ2v) is 6.98. The van der Waals surface area contributed by atoms with E-state index < -0.39 is 0 Å². The van der Waals surface area contributed by atoms with Crippen LogP contribution in [0.3, 0.4) is 0 Å². The van der Waals surface area contributed by atoms with Crippen molar-refractivity contribution < 1.29 is 14.3 Å². The van der Waals surface area contributed by atoms with Crippen LogP contribution in [0.25, 0.3) is 22.3 Å². The number of fused-ring (bicyclic) bond motifs is 1. The fraction of sp³-hybridized carbons (Fsp3) is 0.167. The second-order valence-electron chi connectivity index (χ2n) is 6.98. The number of carbonyl (C=O) groups excluding carboxylic acids is 1. The van der Waals surface area contributed by atoms with Crippen molar-refractivity contribution in [3.8, 4) is 17.0 Å². The maximum Gasteiger partial charge on any atom is 0.255 e. The molecule has 4 aromatic rings. The minimum Gasteiger partial charge on any atom is -0.491 e. The number of rotatable bonds is 7. The Morgan fingerprint density at radius 3 is 2.77 bits per heavy atom. The van der Waals surface area contributed by atoms with Gasteiger partial charge in [-0.05, 0) is 42.8 Å². The van der Waals surface area contributed by atoms with E-state index in [0.29, 0.717) is 24.5 Å². The summed E-state index contributed by atoms with van der Waals surface area (Å²) in [6.45, 7) is 2.96. The molecule has 152 valence electrons. The number of pyridine rings is 1. The first-order valence-corrected chi connectivity index (χ1v) is 9.72. The number of carbonyl (C=O) groups is 1. The summed E-state index contributed by atoms with van der Waals surface area (Å²) in [5.41, 5.74) is 4.91. The molecule has 0 aliphatic heterocycles. The molecular weight excluding hydrogens is 378 g/mol. The van der Waals surface area contributed by atoms with Crippen molar-refractivity contribution in [1.82, 2.24) is 9.97 Å². The highest BCUT2D eigenvalue weighted by atomic mass is 16.5. The molecule has 0 aliphatic rings. The van der Waals surface area contributed by atoms with Gasteiger partial charge in [0, 0.05) is 29.3 Å². The Morgan fingerprint density at radius 1 is 1.07 bits per heavy atom. The number of nitrogens with zero attached hydrogens (tertiary/aromatic N) is 1. The van der Waals surface area contributed by atoms with Crippen LogP contribution in [-0.2, 0) is 4.74 Å². The number of aromatic nitrogens is 2. The molecular formula is C24H23N3O3. The average molecular weight is 401 g/mol. The third kappa shape index (κ3) is 4.34. The maximum atomic E-state index is 12.6. The molecule has 0 fully saturated rings. The smallest absolute Gasteiger partial charge is 0.255 e. The first kappa shape index (κ1) is 19.7. The number of anilines is 1. The quantitative estimate of drug-likeness (QED) is 0.436. The summed E-state index contributed by atoms with van der Waals surface area (Å²) in [7, 11) is 1.65. The van der Waals surface area contributed by atoms with E-state index in [-0.39, 0.29) is 5.91 Å². The molecule has 2 aromatic heterocycles. The highest BCUT2D eigenvalue weighted by Gasteiger charge is 2.11. The van der Waals surface area contributed by atoms with Gasteiger partial charge < -0.3 is 19.8 Å². The van der Waals surface area contributed by atoms with Gasteiger partial charge in [-0.1, -0.05) is 30.3 Å². The third-order valence-corrected chi connectivity index (χ3v) is 4.82. The highest BCUT2D eigenvalue weighted by Crippen LogP contribution is 2.27. The number of benzene rings is 2. The number of hydrogen-bond acceptors (Lipinski definition) is 4. The number of methoxy groups -OCH3 is 1. The van der Waals surface area contributed by atoms with Crippen LogP contribution in [0.4, 0.5) is 5.69 Å². The van der Waals surface area contributed by atoms with E-state index >= 15 is 0 Å². The van der Waals surface area contributed by atoms with Crippen LogP contribution in [-0.4, -0.2) is 36.2 Å². The van der Waals surface area contributed by atoms with Crippen LogP contribution < -0.4 is 10.1 Å². The minimum absolute atomic E-state index is 0.147. The Kier molecular flexibility index (Phi) is 5.77. The van der Waals surface area contributed by atoms with E-state index in [9.17, 15) is 4.79 Å². The van der Waals surface area contributed by atoms with E-state index in [2.05, 4.69) is 15.3 Å². The number of nitrogens with one attached hydrogen (secondary N) is 2. The summed E-state index contributed by atoms with van der Waals surface area (Å²) in [6.07, 6.45) is 1.66. The molecule has 2 N–H and O–H groups in total. The largest absolute Gasteiger partial charge is 0.491 e. The molecule has 4 rings (SSSR count). The molecule has 0 saturated heterocycles. The van der Waals surface area contributed by atoms with Crippen LogP contribution in [0.15, 0.2) is 66.9 Å². The molecule has 0 spiro atoms. The monoisotopic (exact) mass is 401 g/mol. The summed E-state index contributed by atoms with van der Waals surface area (Å²) in [5, 5.41) is 3.85. The van der Waals surface area contributed by atoms with Gasteiger partial charge >= 0.3 is 0 Å². The molecule has 0 saturated carbocycles. The first-order chi connectivity index (χ1) is 14.6. The molecule has 0 atom stereocenters. The van der Waals surface area contributed by atoms with Crippen LogP contribution in [0.1, 0.15) is 15.9 Å². The van der Waals surface area contributed by atoms with Crippen LogP contribution in [0.5, 0.6) is 5.75 Å². The molecule has 0 unspecified atom stereocenters. The van der Waals surface area contributed by atoms with Gasteiger partial charge in [-0.15, -0.1) is 0 Å². The fourth-order valence-electron chi connectivity index (χ4n) is 3.26. The summed E-state index contributed by atoms with van der Waals surface area (Å²) in [6, 6.07) is 19.3. The van der Waals surface area contributed by atoms with Gasteiger partial charge in [-0.3, -0.25) is 4.79 Å². The molecule has 2 aromatic carbocycles. The fourth-order valence-corrected chi connectivity index (χ4v) is 3.26. The van der Waals surface area contributed by atoms with Gasteiger partial charge in [0.15, 0.2) is 0 Å². The normalized spacial score (nSPS) is 10.9. The Hall–Kier alpha value is -3.64. The van der Waals surface area contributed by atoms with Gasteiger partial charge in [0.05, 0.1) is 18.5 Å². The van der Waals surface area contributed by atoms with E-state index in [1.54, 1.807) is 13.3 Å². The molecule has 6 heteroatoms. The van der Waals surface area contributed by atoms with E-state index in [1.807, 2.05) is 67.6 Å². The molecule has 1 amide bonds. The zero-order chi connectivity index (χ0) is 20.9. The van der Waals surface area contributed by atoms with Crippen LogP contribution >= 0.6 is 0 Å². The predicted molar refractivity (Wildman–Crippen MR) is 118 cm³/mol. The lowest BCUT2D eigenvalue weighted by Gasteiger charge is -2.07. The Balaban J connectivity index is 1.55. The topological polar surface area (TPSA) is 76.2 Å². The van der Waals surface area contributed by atoms with Crippen molar-refractivity contribution in [2.75, 3.05) is 25.6 Å². The molecule has 30 heavy (non-hydrogen) atoms. The van der Waals surface area contributed by atoms with Gasteiger partial charge in [-0.25, -0.2) is 4.98 Å². The lowest BCUT2D eigenvalue weighted by Crippen LogP contribution is -2.13. The Morgan fingerprint density at radius 2 is 1.93 bits per heavy atom. The van der Waals surface area contributed by atoms with Crippen LogP contribution in [0, 0.1) is 6.92 Å². The SMILES string of the molecule is COCCOc1cccc(-c2cc3cc(NC(=O)c4ccccc4C)cnc3[nH]2)c1. The van der Waals surface area contributed by atoms with E-state index in [1.165, 1.54) is 0 Å². The first-order valence-electron chi connectivity index (χ1n) is 9.72. The number of amides is 1. The summed E-state index contributed by atoms with van der Waals surface area (Å²) < 4.78 is 10.7. The molecule has 6 nitrogen and oxygen atoms in total. The lowest BCUT2D eigenvalue weighted by atomic mass is 10.1. The highest BCUT2D eigenvalue weighted by molar-refractivity contribution is 6.05. The summed E-state index contributed by atoms with van der Waals surface area (Å²) >= 11 is 0. The van der Waals surface area contributed by atoms with Gasteiger partial charge in [0.25, 0.3) is 5.91 Å². The lowest BCUT2D eigenvalue weighted by molar-refractivity contribution is 0.102. The number of H-pyrrole nitrogens is 1. The Labute approximate surface area is 174 Å². The van der Waals surface area contributed by atoms with Crippen molar-refractivity contribution in [3.05, 3.63) is 78.0 Å². The average Bonchev–Trinajstić information content (AvgIpc) is 3.18. The molecule has 0 aliphatic carbocycles. The van der Waals surface area contributed by atoms with Crippen molar-refractivity contribution in [1.29, 1.82) is 0 Å². The number of aryl methyl sites for hydroxylation is 1. The van der Waals surface area contributed by atoms with Crippen molar-refractivity contribution >= 4 is 22.6 Å².